The van der Waals surface area contributed by atoms with E-state index in [1.807, 2.05) is 6.92 Å². The lowest BCUT2D eigenvalue weighted by molar-refractivity contribution is -0.119. The number of nitrogens with zero attached hydrogens (tertiary/aromatic N) is 2. The van der Waals surface area contributed by atoms with Gasteiger partial charge in [-0.15, -0.1) is 10.2 Å². The van der Waals surface area contributed by atoms with Crippen molar-refractivity contribution in [1.29, 1.82) is 0 Å². The molecule has 1 amide bonds. The second kappa shape index (κ2) is 9.90. The number of hydrogen-bond acceptors (Lipinski definition) is 7. The highest BCUT2D eigenvalue weighted by Crippen LogP contribution is 2.49. The highest BCUT2D eigenvalue weighted by Gasteiger charge is 2.42. The van der Waals surface area contributed by atoms with Gasteiger partial charge in [0.05, 0.1) is 5.75 Å². The predicted octanol–water partition coefficient (Wildman–Crippen LogP) is 3.41. The largest absolute Gasteiger partial charge is 0.382 e. The summed E-state index contributed by atoms with van der Waals surface area (Å²) in [4.78, 5) is 12.3. The lowest BCUT2D eigenvalue weighted by atomic mass is 9.84. The van der Waals surface area contributed by atoms with Gasteiger partial charge in [0.25, 0.3) is 0 Å². The van der Waals surface area contributed by atoms with E-state index in [9.17, 15) is 4.79 Å². The van der Waals surface area contributed by atoms with Crippen LogP contribution < -0.4 is 10.6 Å². The topological polar surface area (TPSA) is 76.1 Å². The van der Waals surface area contributed by atoms with E-state index in [-0.39, 0.29) is 11.9 Å². The Morgan fingerprint density at radius 2 is 2.27 bits per heavy atom. The van der Waals surface area contributed by atoms with Crippen LogP contribution in [0.4, 0.5) is 5.13 Å². The summed E-state index contributed by atoms with van der Waals surface area (Å²) in [5.41, 5.74) is 0. The molecular weight excluding hydrogens is 368 g/mol. The Morgan fingerprint density at radius 1 is 1.38 bits per heavy atom. The van der Waals surface area contributed by atoms with E-state index >= 15 is 0 Å². The molecule has 0 saturated heterocycles. The van der Waals surface area contributed by atoms with Crippen LogP contribution in [-0.4, -0.2) is 47.7 Å². The summed E-state index contributed by atoms with van der Waals surface area (Å²) in [6.45, 7) is 6.49. The van der Waals surface area contributed by atoms with Crippen molar-refractivity contribution in [2.24, 2.45) is 17.8 Å². The van der Waals surface area contributed by atoms with Gasteiger partial charge in [0.1, 0.15) is 0 Å². The molecule has 0 unspecified atom stereocenters. The van der Waals surface area contributed by atoms with Gasteiger partial charge in [0.2, 0.25) is 11.0 Å². The maximum atomic E-state index is 12.3. The third-order valence-electron chi connectivity index (χ3n) is 5.50. The molecule has 26 heavy (non-hydrogen) atoms. The van der Waals surface area contributed by atoms with E-state index in [1.54, 1.807) is 0 Å². The van der Waals surface area contributed by atoms with Crippen LogP contribution in [-0.2, 0) is 9.53 Å². The summed E-state index contributed by atoms with van der Waals surface area (Å²) in [7, 11) is 0. The second-order valence-electron chi connectivity index (χ2n) is 7.33. The lowest BCUT2D eigenvalue weighted by Crippen LogP contribution is -2.40. The number of carbonyl (C=O) groups is 1. The molecule has 2 saturated carbocycles. The lowest BCUT2D eigenvalue weighted by Gasteiger charge is -2.28. The number of carbonyl (C=O) groups excluding carboxylic acids is 1. The minimum absolute atomic E-state index is 0.103. The molecule has 8 heteroatoms. The maximum absolute atomic E-state index is 12.3. The van der Waals surface area contributed by atoms with Gasteiger partial charge in [-0.3, -0.25) is 4.79 Å². The highest BCUT2D eigenvalue weighted by molar-refractivity contribution is 8.01. The third-order valence-corrected chi connectivity index (χ3v) is 7.52. The maximum Gasteiger partial charge on any atom is 0.230 e. The van der Waals surface area contributed by atoms with E-state index < -0.39 is 0 Å². The van der Waals surface area contributed by atoms with Gasteiger partial charge >= 0.3 is 0 Å². The van der Waals surface area contributed by atoms with Crippen LogP contribution in [0.5, 0.6) is 0 Å². The molecule has 0 aromatic carbocycles. The molecule has 0 radical (unpaired) electrons. The number of fused-ring (bicyclic) bond motifs is 2. The molecule has 2 aliphatic carbocycles. The predicted molar refractivity (Wildman–Crippen MR) is 107 cm³/mol. The van der Waals surface area contributed by atoms with Crippen molar-refractivity contribution in [3.05, 3.63) is 0 Å². The van der Waals surface area contributed by atoms with Crippen LogP contribution in [0, 0.1) is 17.8 Å². The second-order valence-corrected chi connectivity index (χ2v) is 9.53. The molecule has 2 aliphatic rings. The van der Waals surface area contributed by atoms with E-state index in [2.05, 4.69) is 27.8 Å². The van der Waals surface area contributed by atoms with Crippen LogP contribution in [0.15, 0.2) is 4.34 Å². The number of anilines is 1. The molecular formula is C18H30N4O2S2. The number of rotatable bonds is 11. The van der Waals surface area contributed by atoms with E-state index in [0.717, 1.165) is 47.5 Å². The zero-order valence-electron chi connectivity index (χ0n) is 15.7. The summed E-state index contributed by atoms with van der Waals surface area (Å²) < 4.78 is 6.14. The Balaban J connectivity index is 1.33. The van der Waals surface area contributed by atoms with Crippen LogP contribution in [0.1, 0.15) is 46.0 Å². The molecule has 146 valence electrons. The molecule has 0 spiro atoms. The Labute approximate surface area is 164 Å². The van der Waals surface area contributed by atoms with Gasteiger partial charge in [-0.25, -0.2) is 0 Å². The van der Waals surface area contributed by atoms with Gasteiger partial charge in [-0.1, -0.05) is 29.5 Å². The number of thioether (sulfide) groups is 1. The highest BCUT2D eigenvalue weighted by atomic mass is 32.2. The number of ether oxygens (including phenoxy) is 1. The number of amides is 1. The number of hydrogen-bond donors (Lipinski definition) is 2. The van der Waals surface area contributed by atoms with Crippen LogP contribution in [0.25, 0.3) is 0 Å². The molecule has 0 aliphatic heterocycles. The third kappa shape index (κ3) is 5.57. The molecule has 2 N–H and O–H groups in total. The van der Waals surface area contributed by atoms with E-state index in [1.165, 1.54) is 48.8 Å². The standard InChI is InChI=1S/C18H30N4O2S2/c1-3-24-8-4-7-19-17-21-22-18(26-17)25-11-16(23)20-12(2)15-10-13-5-6-14(15)9-13/h12-15H,3-11H2,1-2H3,(H,19,21)(H,20,23)/t12-,13+,14+,15-/m1/s1. The van der Waals surface area contributed by atoms with E-state index in [0.29, 0.717) is 11.7 Å². The molecule has 4 atom stereocenters. The first kappa shape index (κ1) is 19.9. The number of aromatic nitrogens is 2. The van der Waals surface area contributed by atoms with Crippen molar-refractivity contribution in [3.8, 4) is 0 Å². The van der Waals surface area contributed by atoms with Crippen molar-refractivity contribution in [1.82, 2.24) is 15.5 Å². The average molecular weight is 399 g/mol. The van der Waals surface area contributed by atoms with Gasteiger partial charge in [-0.2, -0.15) is 0 Å². The minimum atomic E-state index is 0.103. The molecule has 6 nitrogen and oxygen atoms in total. The Bertz CT molecular complexity index is 583. The van der Waals surface area contributed by atoms with Crippen LogP contribution in [0.2, 0.25) is 0 Å². The molecule has 1 aromatic heterocycles. The van der Waals surface area contributed by atoms with Crippen molar-refractivity contribution in [2.45, 2.75) is 56.3 Å². The molecule has 3 rings (SSSR count). The molecule has 1 heterocycles. The fourth-order valence-corrected chi connectivity index (χ4v) is 5.88. The quantitative estimate of drug-likeness (QED) is 0.439. The Hall–Kier alpha value is -0.860. The van der Waals surface area contributed by atoms with Crippen molar-refractivity contribution in [3.63, 3.8) is 0 Å². The fourth-order valence-electron chi connectivity index (χ4n) is 4.29. The summed E-state index contributed by atoms with van der Waals surface area (Å²) in [6.07, 6.45) is 6.38. The summed E-state index contributed by atoms with van der Waals surface area (Å²) in [5, 5.41) is 15.5. The summed E-state index contributed by atoms with van der Waals surface area (Å²) in [5.74, 6) is 2.94. The van der Waals surface area contributed by atoms with E-state index in [4.69, 9.17) is 4.74 Å². The number of nitrogens with one attached hydrogen (secondary N) is 2. The van der Waals surface area contributed by atoms with Crippen molar-refractivity contribution in [2.75, 3.05) is 30.8 Å². The normalized spacial score (nSPS) is 25.4. The van der Waals surface area contributed by atoms with Gasteiger partial charge in [-0.05, 0) is 57.3 Å². The first-order valence-corrected chi connectivity index (χ1v) is 11.5. The Morgan fingerprint density at radius 3 is 3.00 bits per heavy atom. The van der Waals surface area contributed by atoms with Crippen LogP contribution in [0.3, 0.4) is 0 Å². The first-order valence-electron chi connectivity index (χ1n) is 9.73. The fraction of sp³-hybridized carbons (Fsp3) is 0.833. The zero-order valence-corrected chi connectivity index (χ0v) is 17.3. The Kier molecular flexibility index (Phi) is 7.57. The van der Waals surface area contributed by atoms with Crippen molar-refractivity contribution >= 4 is 34.1 Å². The molecule has 1 aromatic rings. The van der Waals surface area contributed by atoms with Crippen molar-refractivity contribution < 1.29 is 9.53 Å². The van der Waals surface area contributed by atoms with Gasteiger partial charge in [0, 0.05) is 25.8 Å². The smallest absolute Gasteiger partial charge is 0.230 e. The molecule has 2 fully saturated rings. The first-order chi connectivity index (χ1) is 12.7. The van der Waals surface area contributed by atoms with Gasteiger partial charge < -0.3 is 15.4 Å². The zero-order chi connectivity index (χ0) is 18.4. The molecule has 2 bridgehead atoms. The summed E-state index contributed by atoms with van der Waals surface area (Å²) in [6, 6.07) is 0.287. The minimum Gasteiger partial charge on any atom is -0.382 e. The van der Waals surface area contributed by atoms with Gasteiger partial charge in [0.15, 0.2) is 4.34 Å². The average Bonchev–Trinajstić information content (AvgIpc) is 3.36. The monoisotopic (exact) mass is 398 g/mol. The summed E-state index contributed by atoms with van der Waals surface area (Å²) >= 11 is 2.97. The van der Waals surface area contributed by atoms with Crippen LogP contribution >= 0.6 is 23.1 Å². The SMILES string of the molecule is CCOCCCNc1nnc(SCC(=O)N[C@H](C)[C@H]2C[C@H]3CC[C@H]2C3)s1.